The number of rotatable bonds is 5. The van der Waals surface area contributed by atoms with Crippen molar-refractivity contribution < 1.29 is 18.3 Å². The van der Waals surface area contributed by atoms with Gasteiger partial charge in [0.2, 0.25) is 0 Å². The van der Waals surface area contributed by atoms with E-state index in [4.69, 9.17) is 4.74 Å². The summed E-state index contributed by atoms with van der Waals surface area (Å²) in [6.07, 6.45) is 6.97. The molecule has 0 fully saturated rings. The number of nitrogens with one attached hydrogen (secondary N) is 2. The highest BCUT2D eigenvalue weighted by Crippen LogP contribution is 2.33. The molecule has 0 spiro atoms. The van der Waals surface area contributed by atoms with Gasteiger partial charge in [0.1, 0.15) is 11.3 Å². The molecule has 8 nitrogen and oxygen atoms in total. The SMILES string of the molecule is Cn1cnc(-c2cc(Oc3ccc(NC(=O)Nc4ccc(F)cc4)cc3F)c3ccnn3c2)c1. The number of aryl methyl sites for hydroxylation is 1. The van der Waals surface area contributed by atoms with Crippen molar-refractivity contribution >= 4 is 22.9 Å². The predicted molar refractivity (Wildman–Crippen MR) is 123 cm³/mol. The molecule has 3 heterocycles. The van der Waals surface area contributed by atoms with E-state index in [1.54, 1.807) is 29.2 Å². The highest BCUT2D eigenvalue weighted by molar-refractivity contribution is 5.99. The first-order valence-corrected chi connectivity index (χ1v) is 10.2. The number of carbonyl (C=O) groups excluding carboxylic acids is 1. The maximum atomic E-state index is 14.8. The molecule has 3 aromatic heterocycles. The Kier molecular flexibility index (Phi) is 5.38. The molecular formula is C24H18F2N6O2. The van der Waals surface area contributed by atoms with Gasteiger partial charge >= 0.3 is 6.03 Å². The smallest absolute Gasteiger partial charge is 0.323 e. The van der Waals surface area contributed by atoms with Crippen molar-refractivity contribution in [2.24, 2.45) is 7.05 Å². The molecule has 0 aliphatic carbocycles. The van der Waals surface area contributed by atoms with Gasteiger partial charge in [0, 0.05) is 42.4 Å². The van der Waals surface area contributed by atoms with E-state index < -0.39 is 17.7 Å². The summed E-state index contributed by atoms with van der Waals surface area (Å²) in [5.41, 5.74) is 2.75. The third-order valence-electron chi connectivity index (χ3n) is 4.98. The first-order valence-electron chi connectivity index (χ1n) is 10.2. The summed E-state index contributed by atoms with van der Waals surface area (Å²) in [5.74, 6) is -0.706. The van der Waals surface area contributed by atoms with Crippen LogP contribution in [-0.2, 0) is 7.05 Å². The fraction of sp³-hybridized carbons (Fsp3) is 0.0417. The highest BCUT2D eigenvalue weighted by atomic mass is 19.1. The Labute approximate surface area is 192 Å². The number of fused-ring (bicyclic) bond motifs is 1. The molecule has 10 heteroatoms. The summed E-state index contributed by atoms with van der Waals surface area (Å²) in [6, 6.07) is 12.3. The fourth-order valence-corrected chi connectivity index (χ4v) is 3.39. The number of halogens is 2. The van der Waals surface area contributed by atoms with Crippen LogP contribution in [0.3, 0.4) is 0 Å². The van der Waals surface area contributed by atoms with Gasteiger partial charge < -0.3 is 19.9 Å². The van der Waals surface area contributed by atoms with Crippen LogP contribution in [0.4, 0.5) is 25.0 Å². The molecule has 34 heavy (non-hydrogen) atoms. The second-order valence-electron chi connectivity index (χ2n) is 7.51. The second kappa shape index (κ2) is 8.66. The van der Waals surface area contributed by atoms with Gasteiger partial charge in [-0.05, 0) is 48.5 Å². The number of anilines is 2. The predicted octanol–water partition coefficient (Wildman–Crippen LogP) is 5.45. The van der Waals surface area contributed by atoms with Crippen LogP contribution in [0.5, 0.6) is 11.5 Å². The fourth-order valence-electron chi connectivity index (χ4n) is 3.39. The quantitative estimate of drug-likeness (QED) is 0.365. The van der Waals surface area contributed by atoms with Gasteiger partial charge in [-0.25, -0.2) is 23.1 Å². The summed E-state index contributed by atoms with van der Waals surface area (Å²) in [6.45, 7) is 0. The molecule has 170 valence electrons. The second-order valence-corrected chi connectivity index (χ2v) is 7.51. The Morgan fingerprint density at radius 2 is 1.71 bits per heavy atom. The first kappa shape index (κ1) is 21.1. The summed E-state index contributed by atoms with van der Waals surface area (Å²) >= 11 is 0. The van der Waals surface area contributed by atoms with Crippen molar-refractivity contribution in [3.05, 3.63) is 91.1 Å². The molecule has 2 N–H and O–H groups in total. The van der Waals surface area contributed by atoms with Gasteiger partial charge in [-0.3, -0.25) is 0 Å². The number of nitrogens with zero attached hydrogens (tertiary/aromatic N) is 4. The number of pyridine rings is 1. The minimum absolute atomic E-state index is 0.0224. The third-order valence-corrected chi connectivity index (χ3v) is 4.98. The number of aromatic nitrogens is 4. The van der Waals surface area contributed by atoms with Gasteiger partial charge in [0.15, 0.2) is 17.3 Å². The molecule has 2 aromatic carbocycles. The summed E-state index contributed by atoms with van der Waals surface area (Å²) in [5, 5.41) is 9.33. The van der Waals surface area contributed by atoms with Crippen LogP contribution in [0, 0.1) is 11.6 Å². The third kappa shape index (κ3) is 4.42. The molecule has 0 radical (unpaired) electrons. The highest BCUT2D eigenvalue weighted by Gasteiger charge is 2.14. The van der Waals surface area contributed by atoms with E-state index in [1.807, 2.05) is 24.0 Å². The summed E-state index contributed by atoms with van der Waals surface area (Å²) in [4.78, 5) is 16.5. The largest absolute Gasteiger partial charge is 0.452 e. The molecule has 0 unspecified atom stereocenters. The van der Waals surface area contributed by atoms with E-state index in [1.165, 1.54) is 36.4 Å². The molecule has 2 amide bonds. The Balaban J connectivity index is 1.35. The molecule has 0 aliphatic rings. The number of imidazole rings is 1. The number of hydrogen-bond acceptors (Lipinski definition) is 4. The average molecular weight is 460 g/mol. The van der Waals surface area contributed by atoms with Crippen LogP contribution >= 0.6 is 0 Å². The van der Waals surface area contributed by atoms with Gasteiger partial charge in [0.05, 0.1) is 18.2 Å². The van der Waals surface area contributed by atoms with Gasteiger partial charge in [-0.2, -0.15) is 5.10 Å². The molecule has 5 aromatic rings. The first-order chi connectivity index (χ1) is 16.4. The van der Waals surface area contributed by atoms with Gasteiger partial charge in [0.25, 0.3) is 0 Å². The molecule has 0 atom stereocenters. The maximum Gasteiger partial charge on any atom is 0.323 e. The van der Waals surface area contributed by atoms with Gasteiger partial charge in [-0.1, -0.05) is 0 Å². The standard InChI is InChI=1S/C24H18F2N6O2/c1-31-13-20(27-14-31)15-10-23(21-8-9-28-32(21)12-15)34-22-7-6-18(11-19(22)26)30-24(33)29-17-4-2-16(25)3-5-17/h2-14H,1H3,(H2,29,30,33). The van der Waals surface area contributed by atoms with Crippen molar-refractivity contribution in [3.8, 4) is 22.8 Å². The summed E-state index contributed by atoms with van der Waals surface area (Å²) < 4.78 is 37.2. The van der Waals surface area contributed by atoms with E-state index in [0.29, 0.717) is 17.0 Å². The lowest BCUT2D eigenvalue weighted by Crippen LogP contribution is -2.19. The average Bonchev–Trinajstić information content (AvgIpc) is 3.46. The molecule has 0 bridgehead atoms. The van der Waals surface area contributed by atoms with Crippen LogP contribution < -0.4 is 15.4 Å². The number of benzene rings is 2. The molecule has 0 saturated heterocycles. The van der Waals surface area contributed by atoms with Crippen LogP contribution in [0.15, 0.2) is 79.5 Å². The lowest BCUT2D eigenvalue weighted by Gasteiger charge is -2.12. The maximum absolute atomic E-state index is 14.8. The van der Waals surface area contributed by atoms with Crippen molar-refractivity contribution in [2.75, 3.05) is 10.6 Å². The summed E-state index contributed by atoms with van der Waals surface area (Å²) in [7, 11) is 1.87. The zero-order valence-corrected chi connectivity index (χ0v) is 17.9. The Hall–Kier alpha value is -4.73. The van der Waals surface area contributed by atoms with E-state index in [-0.39, 0.29) is 11.4 Å². The zero-order valence-electron chi connectivity index (χ0n) is 17.9. The Morgan fingerprint density at radius 1 is 0.941 bits per heavy atom. The van der Waals surface area contributed by atoms with Crippen LogP contribution in [0.25, 0.3) is 16.8 Å². The van der Waals surface area contributed by atoms with Gasteiger partial charge in [-0.15, -0.1) is 0 Å². The molecular weight excluding hydrogens is 442 g/mol. The number of carbonyl (C=O) groups is 1. The van der Waals surface area contributed by atoms with E-state index in [0.717, 1.165) is 17.3 Å². The monoisotopic (exact) mass is 460 g/mol. The van der Waals surface area contributed by atoms with Crippen molar-refractivity contribution in [3.63, 3.8) is 0 Å². The van der Waals surface area contributed by atoms with Crippen molar-refractivity contribution in [2.45, 2.75) is 0 Å². The zero-order chi connectivity index (χ0) is 23.7. The van der Waals surface area contributed by atoms with E-state index in [9.17, 15) is 13.6 Å². The molecule has 0 saturated carbocycles. The molecule has 5 rings (SSSR count). The van der Waals surface area contributed by atoms with Crippen molar-refractivity contribution in [1.29, 1.82) is 0 Å². The van der Waals surface area contributed by atoms with Crippen LogP contribution in [0.2, 0.25) is 0 Å². The number of ether oxygens (including phenoxy) is 1. The Bertz CT molecular complexity index is 1490. The van der Waals surface area contributed by atoms with E-state index in [2.05, 4.69) is 20.7 Å². The minimum Gasteiger partial charge on any atom is -0.452 e. The number of urea groups is 1. The molecule has 0 aliphatic heterocycles. The number of amides is 2. The van der Waals surface area contributed by atoms with E-state index >= 15 is 0 Å². The van der Waals surface area contributed by atoms with Crippen LogP contribution in [-0.4, -0.2) is 25.2 Å². The lowest BCUT2D eigenvalue weighted by molar-refractivity contribution is 0.262. The van der Waals surface area contributed by atoms with Crippen molar-refractivity contribution in [1.82, 2.24) is 19.2 Å². The minimum atomic E-state index is -0.666. The van der Waals surface area contributed by atoms with Crippen LogP contribution in [0.1, 0.15) is 0 Å². The normalized spacial score (nSPS) is 10.9. The number of hydrogen-bond donors (Lipinski definition) is 2. The topological polar surface area (TPSA) is 85.5 Å². The lowest BCUT2D eigenvalue weighted by atomic mass is 10.2. The Morgan fingerprint density at radius 3 is 2.44 bits per heavy atom.